The van der Waals surface area contributed by atoms with Crippen molar-refractivity contribution in [3.05, 3.63) is 45.5 Å². The molecule has 92 valence electrons. The minimum atomic E-state index is -0.113. The maximum atomic E-state index is 6.19. The summed E-state index contributed by atoms with van der Waals surface area (Å²) in [6, 6.07) is 7.40. The van der Waals surface area contributed by atoms with E-state index in [-0.39, 0.29) is 6.17 Å². The van der Waals surface area contributed by atoms with Crippen LogP contribution in [-0.4, -0.2) is 4.98 Å². The molecule has 0 saturated heterocycles. The molecular weight excluding hydrogens is 316 g/mol. The Morgan fingerprint density at radius 1 is 1.28 bits per heavy atom. The van der Waals surface area contributed by atoms with E-state index in [2.05, 4.69) is 31.5 Å². The third-order valence-corrected chi connectivity index (χ3v) is 3.54. The van der Waals surface area contributed by atoms with Crippen molar-refractivity contribution in [2.75, 3.05) is 16.4 Å². The smallest absolute Gasteiger partial charge is 0.151 e. The van der Waals surface area contributed by atoms with Gasteiger partial charge in [-0.3, -0.25) is 0 Å². The number of rotatable bonds is 1. The minimum absolute atomic E-state index is 0.113. The highest BCUT2D eigenvalue weighted by Gasteiger charge is 2.24. The van der Waals surface area contributed by atoms with Crippen LogP contribution in [-0.2, 0) is 0 Å². The summed E-state index contributed by atoms with van der Waals surface area (Å²) in [6.07, 6.45) is 1.63. The molecule has 1 unspecified atom stereocenters. The number of hydrogen-bond donors (Lipinski definition) is 3. The number of pyridine rings is 1. The van der Waals surface area contributed by atoms with Gasteiger partial charge in [0.2, 0.25) is 0 Å². The van der Waals surface area contributed by atoms with Gasteiger partial charge in [-0.1, -0.05) is 11.6 Å². The Kier molecular flexibility index (Phi) is 2.80. The molecule has 1 aliphatic heterocycles. The number of nitrogens with zero attached hydrogens (tertiary/aromatic N) is 1. The van der Waals surface area contributed by atoms with E-state index in [1.54, 1.807) is 18.3 Å². The predicted molar refractivity (Wildman–Crippen MR) is 77.8 cm³/mol. The second kappa shape index (κ2) is 4.33. The number of aromatic nitrogens is 1. The molecule has 2 aromatic rings. The maximum absolute atomic E-state index is 6.19. The third-order valence-electron chi connectivity index (χ3n) is 2.77. The van der Waals surface area contributed by atoms with Gasteiger partial charge in [0.1, 0.15) is 6.17 Å². The number of nitrogens with two attached hydrogens (primary N) is 1. The summed E-state index contributed by atoms with van der Waals surface area (Å²) < 4.78 is 0.926. The van der Waals surface area contributed by atoms with Crippen LogP contribution in [0.1, 0.15) is 11.7 Å². The fraction of sp³-hybridized carbons (Fsp3) is 0.0833. The zero-order chi connectivity index (χ0) is 12.7. The average Bonchev–Trinajstić information content (AvgIpc) is 2.74. The lowest BCUT2D eigenvalue weighted by Crippen LogP contribution is -2.13. The first-order valence-electron chi connectivity index (χ1n) is 5.37. The van der Waals surface area contributed by atoms with Crippen molar-refractivity contribution in [2.45, 2.75) is 6.17 Å². The minimum Gasteiger partial charge on any atom is -0.399 e. The Morgan fingerprint density at radius 2 is 2.11 bits per heavy atom. The number of benzene rings is 1. The van der Waals surface area contributed by atoms with Crippen LogP contribution in [0.25, 0.3) is 0 Å². The van der Waals surface area contributed by atoms with E-state index < -0.39 is 0 Å². The fourth-order valence-electron chi connectivity index (χ4n) is 1.93. The lowest BCUT2D eigenvalue weighted by molar-refractivity contribution is 0.937. The molecule has 18 heavy (non-hydrogen) atoms. The standard InChI is InChI=1S/C12H10BrClN4/c13-6-3-10-12(16-5-6)18-11(17-10)8-4-7(15)1-2-9(8)14/h1-5,11,17H,15H2,(H,16,18). The SMILES string of the molecule is Nc1ccc(Cl)c(C2Nc3cc(Br)cnc3N2)c1. The zero-order valence-electron chi connectivity index (χ0n) is 9.24. The Labute approximate surface area is 118 Å². The molecule has 1 aromatic heterocycles. The van der Waals surface area contributed by atoms with Gasteiger partial charge in [-0.15, -0.1) is 0 Å². The van der Waals surface area contributed by atoms with Crippen molar-refractivity contribution in [1.29, 1.82) is 0 Å². The molecule has 1 aromatic carbocycles. The van der Waals surface area contributed by atoms with Gasteiger partial charge in [0, 0.05) is 26.9 Å². The molecule has 0 amide bonds. The molecule has 1 atom stereocenters. The van der Waals surface area contributed by atoms with E-state index in [0.717, 1.165) is 21.5 Å². The van der Waals surface area contributed by atoms with Crippen molar-refractivity contribution in [1.82, 2.24) is 4.98 Å². The highest BCUT2D eigenvalue weighted by atomic mass is 79.9. The van der Waals surface area contributed by atoms with Crippen LogP contribution >= 0.6 is 27.5 Å². The average molecular weight is 326 g/mol. The molecule has 4 nitrogen and oxygen atoms in total. The summed E-state index contributed by atoms with van der Waals surface area (Å²) in [5.74, 6) is 0.807. The fourth-order valence-corrected chi connectivity index (χ4v) is 2.49. The Hall–Kier alpha value is -1.46. The number of hydrogen-bond acceptors (Lipinski definition) is 4. The molecular formula is C12H10BrClN4. The largest absolute Gasteiger partial charge is 0.399 e. The van der Waals surface area contributed by atoms with E-state index in [9.17, 15) is 0 Å². The van der Waals surface area contributed by atoms with Gasteiger partial charge in [-0.2, -0.15) is 0 Å². The first-order chi connectivity index (χ1) is 8.63. The summed E-state index contributed by atoms with van der Waals surface area (Å²) in [7, 11) is 0. The van der Waals surface area contributed by atoms with Gasteiger partial charge in [0.05, 0.1) is 5.69 Å². The van der Waals surface area contributed by atoms with Crippen molar-refractivity contribution >= 4 is 44.7 Å². The molecule has 2 heterocycles. The quantitative estimate of drug-likeness (QED) is 0.701. The molecule has 0 aliphatic carbocycles. The second-order valence-electron chi connectivity index (χ2n) is 4.05. The lowest BCUT2D eigenvalue weighted by atomic mass is 10.1. The number of halogens is 2. The van der Waals surface area contributed by atoms with Crippen molar-refractivity contribution in [3.8, 4) is 0 Å². The van der Waals surface area contributed by atoms with Crippen molar-refractivity contribution in [2.24, 2.45) is 0 Å². The topological polar surface area (TPSA) is 63.0 Å². The monoisotopic (exact) mass is 324 g/mol. The summed E-state index contributed by atoms with van der Waals surface area (Å²) in [4.78, 5) is 4.29. The Morgan fingerprint density at radius 3 is 2.94 bits per heavy atom. The highest BCUT2D eigenvalue weighted by molar-refractivity contribution is 9.10. The van der Waals surface area contributed by atoms with Crippen molar-refractivity contribution in [3.63, 3.8) is 0 Å². The molecule has 0 saturated carbocycles. The molecule has 0 spiro atoms. The van der Waals surface area contributed by atoms with Gasteiger partial charge in [0.15, 0.2) is 5.82 Å². The Bertz CT molecular complexity index is 617. The molecule has 3 rings (SSSR count). The second-order valence-corrected chi connectivity index (χ2v) is 5.38. The number of anilines is 3. The van der Waals surface area contributed by atoms with E-state index in [4.69, 9.17) is 17.3 Å². The van der Waals surface area contributed by atoms with Crippen LogP contribution in [0.3, 0.4) is 0 Å². The molecule has 0 fully saturated rings. The normalized spacial score (nSPS) is 16.9. The first kappa shape index (κ1) is 11.6. The van der Waals surface area contributed by atoms with Gasteiger partial charge in [-0.05, 0) is 40.2 Å². The molecule has 0 bridgehead atoms. The predicted octanol–water partition coefficient (Wildman–Crippen LogP) is 3.62. The van der Waals surface area contributed by atoms with Gasteiger partial charge >= 0.3 is 0 Å². The molecule has 0 radical (unpaired) electrons. The number of nitrogens with one attached hydrogen (secondary N) is 2. The summed E-state index contributed by atoms with van der Waals surface area (Å²) in [6.45, 7) is 0. The zero-order valence-corrected chi connectivity index (χ0v) is 11.6. The van der Waals surface area contributed by atoms with Crippen LogP contribution < -0.4 is 16.4 Å². The van der Waals surface area contributed by atoms with Crippen LogP contribution in [0.5, 0.6) is 0 Å². The van der Waals surface area contributed by atoms with Crippen LogP contribution in [0.4, 0.5) is 17.2 Å². The number of fused-ring (bicyclic) bond motifs is 1. The highest BCUT2D eigenvalue weighted by Crippen LogP contribution is 2.37. The van der Waals surface area contributed by atoms with Gasteiger partial charge < -0.3 is 16.4 Å². The van der Waals surface area contributed by atoms with Crippen molar-refractivity contribution < 1.29 is 0 Å². The van der Waals surface area contributed by atoms with Crippen LogP contribution in [0, 0.1) is 0 Å². The van der Waals surface area contributed by atoms with E-state index >= 15 is 0 Å². The maximum Gasteiger partial charge on any atom is 0.151 e. The number of nitrogen functional groups attached to an aromatic ring is 1. The first-order valence-corrected chi connectivity index (χ1v) is 6.54. The molecule has 4 N–H and O–H groups in total. The third kappa shape index (κ3) is 2.00. The van der Waals surface area contributed by atoms with E-state index in [1.807, 2.05) is 12.1 Å². The Balaban J connectivity index is 1.96. The van der Waals surface area contributed by atoms with Gasteiger partial charge in [0.25, 0.3) is 0 Å². The van der Waals surface area contributed by atoms with Gasteiger partial charge in [-0.25, -0.2) is 4.98 Å². The van der Waals surface area contributed by atoms with Crippen LogP contribution in [0.15, 0.2) is 34.9 Å². The lowest BCUT2D eigenvalue weighted by Gasteiger charge is -2.14. The van der Waals surface area contributed by atoms with Crippen LogP contribution in [0.2, 0.25) is 5.02 Å². The molecule has 1 aliphatic rings. The summed E-state index contributed by atoms with van der Waals surface area (Å²) in [5.41, 5.74) is 8.32. The summed E-state index contributed by atoms with van der Waals surface area (Å²) in [5, 5.41) is 7.25. The van der Waals surface area contributed by atoms with E-state index in [0.29, 0.717) is 10.7 Å². The van der Waals surface area contributed by atoms with E-state index in [1.165, 1.54) is 0 Å². The molecule has 6 heteroatoms. The summed E-state index contributed by atoms with van der Waals surface area (Å²) >= 11 is 9.58.